The number of aromatic nitrogens is 1. The van der Waals surface area contributed by atoms with Crippen molar-refractivity contribution < 1.29 is 19.1 Å². The van der Waals surface area contributed by atoms with Gasteiger partial charge in [-0.3, -0.25) is 14.6 Å². The highest BCUT2D eigenvalue weighted by Crippen LogP contribution is 2.29. The summed E-state index contributed by atoms with van der Waals surface area (Å²) in [6.07, 6.45) is 3.91. The lowest BCUT2D eigenvalue weighted by Gasteiger charge is -2.10. The van der Waals surface area contributed by atoms with Crippen LogP contribution in [0.15, 0.2) is 42.6 Å². The molecule has 0 bridgehead atoms. The lowest BCUT2D eigenvalue weighted by atomic mass is 10.1. The Morgan fingerprint density at radius 1 is 1.18 bits per heavy atom. The number of hydrogen-bond donors (Lipinski definition) is 1. The van der Waals surface area contributed by atoms with E-state index < -0.39 is 22.4 Å². The third-order valence-corrected chi connectivity index (χ3v) is 5.44. The fourth-order valence-corrected chi connectivity index (χ4v) is 3.82. The summed E-state index contributed by atoms with van der Waals surface area (Å²) in [4.78, 5) is 39.9. The van der Waals surface area contributed by atoms with E-state index in [0.717, 1.165) is 29.4 Å². The number of aryl methyl sites for hydroxylation is 1. The zero-order valence-corrected chi connectivity index (χ0v) is 16.3. The van der Waals surface area contributed by atoms with Gasteiger partial charge in [0, 0.05) is 18.3 Å². The van der Waals surface area contributed by atoms with Gasteiger partial charge in [0.25, 0.3) is 11.1 Å². The predicted molar refractivity (Wildman–Crippen MR) is 106 cm³/mol. The highest BCUT2D eigenvalue weighted by molar-refractivity contribution is 8.15. The molecule has 3 rings (SSSR count). The standard InChI is InChI=1S/C20H21N3O4S/c1-2-13-3-6-15(22-12-13)9-10-27-16-7-4-14(5-8-16)11-17-18(24)23(19(21)25)20(26)28-17/h3-8,12,17H,2,9-11H2,1H3,(H2,21,25). The molecule has 1 aromatic carbocycles. The molecule has 146 valence electrons. The first-order valence-corrected chi connectivity index (χ1v) is 9.85. The normalized spacial score (nSPS) is 16.5. The number of primary amides is 1. The van der Waals surface area contributed by atoms with Crippen LogP contribution in [0.3, 0.4) is 0 Å². The van der Waals surface area contributed by atoms with Gasteiger partial charge < -0.3 is 10.5 Å². The first kappa shape index (κ1) is 19.9. The SMILES string of the molecule is CCc1ccc(CCOc2ccc(CC3SC(=O)N(C(N)=O)C3=O)cc2)nc1. The van der Waals surface area contributed by atoms with E-state index in [1.54, 1.807) is 0 Å². The van der Waals surface area contributed by atoms with E-state index in [2.05, 4.69) is 18.0 Å². The molecule has 2 aromatic rings. The zero-order valence-electron chi connectivity index (χ0n) is 15.5. The maximum Gasteiger partial charge on any atom is 0.329 e. The van der Waals surface area contributed by atoms with Crippen LogP contribution in [0.4, 0.5) is 9.59 Å². The molecule has 1 aromatic heterocycles. The number of nitrogens with two attached hydrogens (primary N) is 1. The summed E-state index contributed by atoms with van der Waals surface area (Å²) in [6.45, 7) is 2.60. The maximum atomic E-state index is 12.1. The maximum absolute atomic E-state index is 12.1. The Labute approximate surface area is 167 Å². The molecule has 4 amide bonds. The molecule has 1 unspecified atom stereocenters. The van der Waals surface area contributed by atoms with Crippen LogP contribution in [-0.4, -0.2) is 38.9 Å². The summed E-state index contributed by atoms with van der Waals surface area (Å²) in [5.74, 6) is 0.151. The van der Waals surface area contributed by atoms with Crippen molar-refractivity contribution in [1.29, 1.82) is 0 Å². The summed E-state index contributed by atoms with van der Waals surface area (Å²) in [7, 11) is 0. The number of carbonyl (C=O) groups excluding carboxylic acids is 3. The van der Waals surface area contributed by atoms with E-state index >= 15 is 0 Å². The third kappa shape index (κ3) is 4.69. The van der Waals surface area contributed by atoms with Crippen LogP contribution >= 0.6 is 11.8 Å². The summed E-state index contributed by atoms with van der Waals surface area (Å²) in [5.41, 5.74) is 8.13. The number of carbonyl (C=O) groups is 3. The van der Waals surface area contributed by atoms with E-state index in [1.807, 2.05) is 36.5 Å². The van der Waals surface area contributed by atoms with Gasteiger partial charge in [-0.2, -0.15) is 4.90 Å². The molecule has 1 fully saturated rings. The van der Waals surface area contributed by atoms with Crippen LogP contribution in [-0.2, 0) is 24.1 Å². The van der Waals surface area contributed by atoms with Crippen LogP contribution in [0.2, 0.25) is 0 Å². The number of hydrogen-bond acceptors (Lipinski definition) is 6. The van der Waals surface area contributed by atoms with Gasteiger partial charge in [0.05, 0.1) is 11.9 Å². The Bertz CT molecular complexity index is 868. The number of thioether (sulfide) groups is 1. The van der Waals surface area contributed by atoms with Crippen LogP contribution < -0.4 is 10.5 Å². The van der Waals surface area contributed by atoms with Crippen molar-refractivity contribution in [3.8, 4) is 5.75 Å². The van der Waals surface area contributed by atoms with E-state index in [0.29, 0.717) is 30.1 Å². The highest BCUT2D eigenvalue weighted by atomic mass is 32.2. The third-order valence-electron chi connectivity index (χ3n) is 4.41. The number of pyridine rings is 1. The molecule has 28 heavy (non-hydrogen) atoms. The van der Waals surface area contributed by atoms with Gasteiger partial charge in [-0.1, -0.05) is 36.9 Å². The molecule has 2 heterocycles. The van der Waals surface area contributed by atoms with Crippen molar-refractivity contribution in [1.82, 2.24) is 9.88 Å². The Kier molecular flexibility index (Phi) is 6.30. The van der Waals surface area contributed by atoms with E-state index in [-0.39, 0.29) is 0 Å². The van der Waals surface area contributed by atoms with Gasteiger partial charge in [-0.05, 0) is 42.2 Å². The first-order valence-electron chi connectivity index (χ1n) is 8.97. The molecular weight excluding hydrogens is 378 g/mol. The van der Waals surface area contributed by atoms with Crippen molar-refractivity contribution >= 4 is 28.9 Å². The minimum Gasteiger partial charge on any atom is -0.493 e. The number of amides is 4. The Hall–Kier alpha value is -2.87. The zero-order chi connectivity index (χ0) is 20.1. The monoisotopic (exact) mass is 399 g/mol. The van der Waals surface area contributed by atoms with Gasteiger partial charge in [0.1, 0.15) is 5.75 Å². The van der Waals surface area contributed by atoms with Crippen molar-refractivity contribution in [2.24, 2.45) is 5.73 Å². The molecule has 0 spiro atoms. The lowest BCUT2D eigenvalue weighted by molar-refractivity contribution is -0.124. The van der Waals surface area contributed by atoms with Crippen LogP contribution in [0, 0.1) is 0 Å². The molecule has 1 atom stereocenters. The number of rotatable bonds is 7. The van der Waals surface area contributed by atoms with Gasteiger partial charge >= 0.3 is 6.03 Å². The van der Waals surface area contributed by atoms with Gasteiger partial charge in [-0.15, -0.1) is 0 Å². The summed E-state index contributed by atoms with van der Waals surface area (Å²) in [6, 6.07) is 10.4. The highest BCUT2D eigenvalue weighted by Gasteiger charge is 2.42. The summed E-state index contributed by atoms with van der Waals surface area (Å²) in [5, 5.41) is -1.26. The fourth-order valence-electron chi connectivity index (χ4n) is 2.81. The lowest BCUT2D eigenvalue weighted by Crippen LogP contribution is -2.41. The molecule has 1 aliphatic heterocycles. The Morgan fingerprint density at radius 3 is 2.46 bits per heavy atom. The second-order valence-electron chi connectivity index (χ2n) is 6.34. The number of ether oxygens (including phenoxy) is 1. The Balaban J connectivity index is 1.50. The van der Waals surface area contributed by atoms with Gasteiger partial charge in [0.15, 0.2) is 0 Å². The summed E-state index contributed by atoms with van der Waals surface area (Å²) < 4.78 is 5.74. The second-order valence-corrected chi connectivity index (χ2v) is 7.50. The van der Waals surface area contributed by atoms with Crippen molar-refractivity contribution in [2.75, 3.05) is 6.61 Å². The van der Waals surface area contributed by atoms with Crippen LogP contribution in [0.5, 0.6) is 5.75 Å². The first-order chi connectivity index (χ1) is 13.5. The number of urea groups is 1. The van der Waals surface area contributed by atoms with Gasteiger partial charge in [-0.25, -0.2) is 4.79 Å². The number of nitrogens with zero attached hydrogens (tertiary/aromatic N) is 2. The van der Waals surface area contributed by atoms with E-state index in [1.165, 1.54) is 5.56 Å². The van der Waals surface area contributed by atoms with Crippen molar-refractivity contribution in [2.45, 2.75) is 31.4 Å². The molecule has 8 heteroatoms. The summed E-state index contributed by atoms with van der Waals surface area (Å²) >= 11 is 0.822. The molecule has 0 aliphatic carbocycles. The number of benzene rings is 1. The second kappa shape index (κ2) is 8.88. The van der Waals surface area contributed by atoms with Crippen LogP contribution in [0.25, 0.3) is 0 Å². The molecule has 7 nitrogen and oxygen atoms in total. The van der Waals surface area contributed by atoms with Gasteiger partial charge in [0.2, 0.25) is 0 Å². The minimum atomic E-state index is -1.03. The molecule has 1 saturated heterocycles. The average Bonchev–Trinajstić information content (AvgIpc) is 2.97. The number of imide groups is 3. The molecule has 2 N–H and O–H groups in total. The Morgan fingerprint density at radius 2 is 1.89 bits per heavy atom. The van der Waals surface area contributed by atoms with Crippen molar-refractivity contribution in [3.05, 3.63) is 59.4 Å². The molecule has 0 radical (unpaired) electrons. The average molecular weight is 399 g/mol. The fraction of sp³-hybridized carbons (Fsp3) is 0.300. The topological polar surface area (TPSA) is 103 Å². The molecular formula is C20H21N3O4S. The minimum absolute atomic E-state index is 0.340. The molecule has 1 aliphatic rings. The van der Waals surface area contributed by atoms with E-state index in [9.17, 15) is 14.4 Å². The molecule has 0 saturated carbocycles. The van der Waals surface area contributed by atoms with Crippen molar-refractivity contribution in [3.63, 3.8) is 0 Å². The van der Waals surface area contributed by atoms with Crippen LogP contribution in [0.1, 0.15) is 23.7 Å². The quantitative estimate of drug-likeness (QED) is 0.768. The largest absolute Gasteiger partial charge is 0.493 e. The predicted octanol–water partition coefficient (Wildman–Crippen LogP) is 2.95. The smallest absolute Gasteiger partial charge is 0.329 e. The van der Waals surface area contributed by atoms with E-state index in [4.69, 9.17) is 10.5 Å².